The fourth-order valence-electron chi connectivity index (χ4n) is 2.46. The first-order chi connectivity index (χ1) is 10.2. The highest BCUT2D eigenvalue weighted by molar-refractivity contribution is 5.80. The Morgan fingerprint density at radius 2 is 2.24 bits per heavy atom. The van der Waals surface area contributed by atoms with Crippen LogP contribution in [0.15, 0.2) is 4.99 Å². The highest BCUT2D eigenvalue weighted by Crippen LogP contribution is 2.16. The standard InChI is InChI=1S/C15H29N3O3/c1-4-16-15(17-9-6-7-14(19)21-5-2)18-10-8-13(11-18)12-20-3/h13H,4-12H2,1-3H3,(H,16,17). The van der Waals surface area contributed by atoms with Crippen LogP contribution in [0, 0.1) is 5.92 Å². The van der Waals surface area contributed by atoms with Gasteiger partial charge in [-0.3, -0.25) is 9.79 Å². The van der Waals surface area contributed by atoms with E-state index in [0.717, 1.165) is 45.0 Å². The Balaban J connectivity index is 2.38. The van der Waals surface area contributed by atoms with E-state index in [1.54, 1.807) is 7.11 Å². The van der Waals surface area contributed by atoms with Crippen molar-refractivity contribution in [2.45, 2.75) is 33.1 Å². The van der Waals surface area contributed by atoms with Crippen molar-refractivity contribution in [3.63, 3.8) is 0 Å². The van der Waals surface area contributed by atoms with Crippen LogP contribution in [-0.2, 0) is 14.3 Å². The molecule has 0 spiro atoms. The third-order valence-corrected chi connectivity index (χ3v) is 3.43. The molecule has 1 rings (SSSR count). The van der Waals surface area contributed by atoms with Crippen LogP contribution in [0.5, 0.6) is 0 Å². The number of ether oxygens (including phenoxy) is 2. The third-order valence-electron chi connectivity index (χ3n) is 3.43. The summed E-state index contributed by atoms with van der Waals surface area (Å²) in [5.74, 6) is 1.39. The summed E-state index contributed by atoms with van der Waals surface area (Å²) in [7, 11) is 1.75. The smallest absolute Gasteiger partial charge is 0.305 e. The minimum atomic E-state index is -0.140. The Morgan fingerprint density at radius 1 is 1.43 bits per heavy atom. The van der Waals surface area contributed by atoms with E-state index in [1.807, 2.05) is 6.92 Å². The van der Waals surface area contributed by atoms with Gasteiger partial charge in [0.2, 0.25) is 0 Å². The molecule has 0 aromatic carbocycles. The van der Waals surface area contributed by atoms with E-state index in [4.69, 9.17) is 9.47 Å². The van der Waals surface area contributed by atoms with Gasteiger partial charge in [-0.1, -0.05) is 0 Å². The molecule has 1 aliphatic rings. The zero-order chi connectivity index (χ0) is 15.5. The first kappa shape index (κ1) is 17.8. The predicted molar refractivity (Wildman–Crippen MR) is 83.4 cm³/mol. The SMILES string of the molecule is CCNC(=NCCCC(=O)OCC)N1CCC(COC)C1. The van der Waals surface area contributed by atoms with Gasteiger partial charge in [-0.15, -0.1) is 0 Å². The van der Waals surface area contributed by atoms with E-state index in [1.165, 1.54) is 0 Å². The van der Waals surface area contributed by atoms with Crippen molar-refractivity contribution >= 4 is 11.9 Å². The molecule has 0 amide bonds. The molecule has 1 aliphatic heterocycles. The van der Waals surface area contributed by atoms with Gasteiger partial charge in [0, 0.05) is 45.6 Å². The number of guanidine groups is 1. The van der Waals surface area contributed by atoms with Crippen LogP contribution >= 0.6 is 0 Å². The number of aliphatic imine (C=N–C) groups is 1. The first-order valence-electron chi connectivity index (χ1n) is 7.89. The van der Waals surface area contributed by atoms with E-state index >= 15 is 0 Å². The maximum Gasteiger partial charge on any atom is 0.305 e. The molecule has 0 bridgehead atoms. The summed E-state index contributed by atoms with van der Waals surface area (Å²) < 4.78 is 10.1. The highest BCUT2D eigenvalue weighted by atomic mass is 16.5. The number of carbonyl (C=O) groups is 1. The number of nitrogens with zero attached hydrogens (tertiary/aromatic N) is 2. The van der Waals surface area contributed by atoms with Crippen LogP contribution in [0.3, 0.4) is 0 Å². The second-order valence-corrected chi connectivity index (χ2v) is 5.20. The van der Waals surface area contributed by atoms with E-state index in [-0.39, 0.29) is 5.97 Å². The molecular weight excluding hydrogens is 270 g/mol. The quantitative estimate of drug-likeness (QED) is 0.316. The number of rotatable bonds is 8. The lowest BCUT2D eigenvalue weighted by molar-refractivity contribution is -0.143. The molecule has 1 heterocycles. The molecule has 1 fully saturated rings. The normalized spacial score (nSPS) is 18.9. The number of hydrogen-bond acceptors (Lipinski definition) is 4. The Hall–Kier alpha value is -1.30. The molecule has 0 saturated carbocycles. The number of methoxy groups -OCH3 is 1. The molecule has 6 nitrogen and oxygen atoms in total. The Labute approximate surface area is 127 Å². The minimum Gasteiger partial charge on any atom is -0.466 e. The van der Waals surface area contributed by atoms with Crippen LogP contribution in [0.2, 0.25) is 0 Å². The summed E-state index contributed by atoms with van der Waals surface area (Å²) in [6.45, 7) is 8.63. The summed E-state index contributed by atoms with van der Waals surface area (Å²) in [5.41, 5.74) is 0. The molecule has 122 valence electrons. The minimum absolute atomic E-state index is 0.140. The van der Waals surface area contributed by atoms with Gasteiger partial charge in [0.05, 0.1) is 13.2 Å². The number of carbonyl (C=O) groups excluding carboxylic acids is 1. The van der Waals surface area contributed by atoms with Gasteiger partial charge in [-0.25, -0.2) is 0 Å². The molecule has 1 saturated heterocycles. The molecule has 0 aliphatic carbocycles. The van der Waals surface area contributed by atoms with Crippen molar-refractivity contribution in [2.24, 2.45) is 10.9 Å². The molecule has 0 aromatic rings. The van der Waals surface area contributed by atoms with Crippen molar-refractivity contribution in [3.05, 3.63) is 0 Å². The number of nitrogens with one attached hydrogen (secondary N) is 1. The molecule has 0 aromatic heterocycles. The van der Waals surface area contributed by atoms with Crippen molar-refractivity contribution in [3.8, 4) is 0 Å². The average molecular weight is 299 g/mol. The Morgan fingerprint density at radius 3 is 2.90 bits per heavy atom. The van der Waals surface area contributed by atoms with Gasteiger partial charge >= 0.3 is 5.97 Å². The fraction of sp³-hybridized carbons (Fsp3) is 0.867. The van der Waals surface area contributed by atoms with Gasteiger partial charge in [-0.2, -0.15) is 0 Å². The molecule has 1 atom stereocenters. The summed E-state index contributed by atoms with van der Waals surface area (Å²) in [5, 5.41) is 3.32. The molecule has 6 heteroatoms. The van der Waals surface area contributed by atoms with Crippen molar-refractivity contribution < 1.29 is 14.3 Å². The van der Waals surface area contributed by atoms with E-state index in [2.05, 4.69) is 22.1 Å². The fourth-order valence-corrected chi connectivity index (χ4v) is 2.46. The third kappa shape index (κ3) is 6.80. The lowest BCUT2D eigenvalue weighted by Gasteiger charge is -2.21. The molecular formula is C15H29N3O3. The van der Waals surface area contributed by atoms with Crippen molar-refractivity contribution in [1.29, 1.82) is 0 Å². The monoisotopic (exact) mass is 299 g/mol. The zero-order valence-electron chi connectivity index (χ0n) is 13.6. The van der Waals surface area contributed by atoms with Gasteiger partial charge in [0.15, 0.2) is 5.96 Å². The highest BCUT2D eigenvalue weighted by Gasteiger charge is 2.24. The van der Waals surface area contributed by atoms with Crippen molar-refractivity contribution in [2.75, 3.05) is 46.5 Å². The lowest BCUT2D eigenvalue weighted by Crippen LogP contribution is -2.40. The summed E-state index contributed by atoms with van der Waals surface area (Å²) in [4.78, 5) is 18.2. The number of esters is 1. The molecule has 21 heavy (non-hydrogen) atoms. The van der Waals surface area contributed by atoms with Crippen LogP contribution in [0.4, 0.5) is 0 Å². The number of likely N-dealkylation sites (tertiary alicyclic amines) is 1. The average Bonchev–Trinajstić information content (AvgIpc) is 2.91. The largest absolute Gasteiger partial charge is 0.466 e. The lowest BCUT2D eigenvalue weighted by atomic mass is 10.1. The molecule has 0 radical (unpaired) electrons. The molecule has 1 unspecified atom stereocenters. The van der Waals surface area contributed by atoms with Crippen LogP contribution in [0.25, 0.3) is 0 Å². The van der Waals surface area contributed by atoms with Crippen LogP contribution in [-0.4, -0.2) is 63.3 Å². The van der Waals surface area contributed by atoms with Gasteiger partial charge in [0.1, 0.15) is 0 Å². The van der Waals surface area contributed by atoms with Crippen LogP contribution in [0.1, 0.15) is 33.1 Å². The predicted octanol–water partition coefficient (Wildman–Crippen LogP) is 1.26. The topological polar surface area (TPSA) is 63.2 Å². The second-order valence-electron chi connectivity index (χ2n) is 5.20. The summed E-state index contributed by atoms with van der Waals surface area (Å²) >= 11 is 0. The summed E-state index contributed by atoms with van der Waals surface area (Å²) in [6.07, 6.45) is 2.30. The maximum atomic E-state index is 11.3. The molecule has 1 N–H and O–H groups in total. The Bertz CT molecular complexity index is 334. The summed E-state index contributed by atoms with van der Waals surface area (Å²) in [6, 6.07) is 0. The second kappa shape index (κ2) is 10.4. The maximum absolute atomic E-state index is 11.3. The van der Waals surface area contributed by atoms with Crippen molar-refractivity contribution in [1.82, 2.24) is 10.2 Å². The number of hydrogen-bond donors (Lipinski definition) is 1. The van der Waals surface area contributed by atoms with Crippen LogP contribution < -0.4 is 5.32 Å². The Kier molecular flexibility index (Phi) is 8.82. The van der Waals surface area contributed by atoms with Gasteiger partial charge in [0.25, 0.3) is 0 Å². The van der Waals surface area contributed by atoms with E-state index in [0.29, 0.717) is 25.5 Å². The van der Waals surface area contributed by atoms with E-state index in [9.17, 15) is 4.79 Å². The zero-order valence-corrected chi connectivity index (χ0v) is 13.6. The van der Waals surface area contributed by atoms with Gasteiger partial charge < -0.3 is 19.7 Å². The van der Waals surface area contributed by atoms with Gasteiger partial charge in [-0.05, 0) is 26.7 Å². The first-order valence-corrected chi connectivity index (χ1v) is 7.89. The van der Waals surface area contributed by atoms with E-state index < -0.39 is 0 Å².